The van der Waals surface area contributed by atoms with Crippen LogP contribution >= 0.6 is 23.5 Å². The molecular weight excluding hydrogens is 539 g/mol. The maximum atomic E-state index is 12.0. The van der Waals surface area contributed by atoms with Crippen molar-refractivity contribution in [1.29, 1.82) is 10.5 Å². The van der Waals surface area contributed by atoms with Crippen LogP contribution in [-0.4, -0.2) is 63.1 Å². The van der Waals surface area contributed by atoms with E-state index in [4.69, 9.17) is 20.3 Å². The smallest absolute Gasteiger partial charge is 0.388 e. The van der Waals surface area contributed by atoms with Crippen LogP contribution in [0.3, 0.4) is 0 Å². The SMILES string of the molecule is CC1(C#N)[C@H](O)[C@@H](COP(=O)(O)OP(=O)(O)OP(=O)(O)O)O[C@@]1(C#N)c1cnc2c(N)ncnn12. The molecule has 3 unspecified atom stereocenters. The summed E-state index contributed by atoms with van der Waals surface area (Å²) < 4.78 is 52.5. The highest BCUT2D eigenvalue weighted by molar-refractivity contribution is 7.66. The highest BCUT2D eigenvalue weighted by Crippen LogP contribution is 2.66. The van der Waals surface area contributed by atoms with E-state index < -0.39 is 53.3 Å². The molecule has 1 aliphatic heterocycles. The Kier molecular flexibility index (Phi) is 6.97. The van der Waals surface area contributed by atoms with Crippen molar-refractivity contribution in [2.24, 2.45) is 5.41 Å². The monoisotopic (exact) mass is 555 g/mol. The second-order valence-electron chi connectivity index (χ2n) is 7.12. The van der Waals surface area contributed by atoms with Gasteiger partial charge in [0.2, 0.25) is 5.60 Å². The van der Waals surface area contributed by atoms with E-state index in [1.54, 1.807) is 12.1 Å². The lowest BCUT2D eigenvalue weighted by molar-refractivity contribution is -0.0575. The molecule has 2 aromatic heterocycles. The predicted octanol–water partition coefficient (Wildman–Crippen LogP) is -0.942. The van der Waals surface area contributed by atoms with E-state index in [9.17, 15) is 39.1 Å². The van der Waals surface area contributed by atoms with Gasteiger partial charge >= 0.3 is 23.5 Å². The third kappa shape index (κ3) is 5.00. The molecule has 1 aliphatic rings. The largest absolute Gasteiger partial charge is 0.490 e. The summed E-state index contributed by atoms with van der Waals surface area (Å²) in [6, 6.07) is 3.55. The second-order valence-corrected chi connectivity index (χ2v) is 11.5. The van der Waals surface area contributed by atoms with Crippen molar-refractivity contribution in [2.45, 2.75) is 24.7 Å². The molecule has 1 saturated heterocycles. The van der Waals surface area contributed by atoms with Crippen LogP contribution in [0.25, 0.3) is 5.65 Å². The first-order valence-corrected chi connectivity index (χ1v) is 13.4. The third-order valence-electron chi connectivity index (χ3n) is 4.90. The number of anilines is 1. The number of nitrogens with two attached hydrogens (primary N) is 1. The fourth-order valence-corrected chi connectivity index (χ4v) is 6.37. The Morgan fingerprint density at radius 3 is 2.40 bits per heavy atom. The Labute approximate surface area is 194 Å². The maximum absolute atomic E-state index is 12.0. The molecule has 19 nitrogen and oxygen atoms in total. The molecule has 3 heterocycles. The number of phosphoric acid groups is 3. The number of rotatable bonds is 8. The molecule has 22 heteroatoms. The van der Waals surface area contributed by atoms with Gasteiger partial charge < -0.3 is 35.2 Å². The van der Waals surface area contributed by atoms with Crippen LogP contribution in [0.15, 0.2) is 12.5 Å². The summed E-state index contributed by atoms with van der Waals surface area (Å²) >= 11 is 0. The quantitative estimate of drug-likeness (QED) is 0.214. The number of nitrogen functional groups attached to an aromatic ring is 1. The van der Waals surface area contributed by atoms with Gasteiger partial charge in [0.05, 0.1) is 18.9 Å². The molecule has 0 saturated carbocycles. The summed E-state index contributed by atoms with van der Waals surface area (Å²) in [5.74, 6) is -0.0826. The lowest BCUT2D eigenvalue weighted by Crippen LogP contribution is -2.45. The van der Waals surface area contributed by atoms with Crippen molar-refractivity contribution >= 4 is 34.9 Å². The molecule has 7 N–H and O–H groups in total. The molecule has 0 aromatic carbocycles. The lowest BCUT2D eigenvalue weighted by atomic mass is 9.71. The third-order valence-corrected chi connectivity index (χ3v) is 8.71. The van der Waals surface area contributed by atoms with Crippen LogP contribution in [-0.2, 0) is 37.2 Å². The zero-order valence-electron chi connectivity index (χ0n) is 17.2. The van der Waals surface area contributed by atoms with Crippen LogP contribution in [0.4, 0.5) is 5.82 Å². The summed E-state index contributed by atoms with van der Waals surface area (Å²) in [6.07, 6.45) is -1.45. The van der Waals surface area contributed by atoms with E-state index in [-0.39, 0.29) is 17.2 Å². The van der Waals surface area contributed by atoms with Crippen molar-refractivity contribution in [3.05, 3.63) is 18.2 Å². The van der Waals surface area contributed by atoms with Gasteiger partial charge in [0.1, 0.15) is 35.7 Å². The van der Waals surface area contributed by atoms with E-state index in [2.05, 4.69) is 28.2 Å². The first kappa shape index (κ1) is 27.3. The number of ether oxygens (including phenoxy) is 1. The van der Waals surface area contributed by atoms with Crippen molar-refractivity contribution in [3.63, 3.8) is 0 Å². The van der Waals surface area contributed by atoms with Gasteiger partial charge in [-0.2, -0.15) is 24.2 Å². The topological polar surface area (TPSA) is 306 Å². The highest BCUT2D eigenvalue weighted by Gasteiger charge is 2.67. The van der Waals surface area contributed by atoms with Gasteiger partial charge in [-0.3, -0.25) is 4.52 Å². The number of nitriles is 2. The second kappa shape index (κ2) is 8.95. The number of hydrogen-bond donors (Lipinski definition) is 6. The number of hydrogen-bond acceptors (Lipinski definition) is 14. The minimum atomic E-state index is -5.79. The molecule has 0 radical (unpaired) electrons. The van der Waals surface area contributed by atoms with Crippen molar-refractivity contribution in [2.75, 3.05) is 12.3 Å². The van der Waals surface area contributed by atoms with Gasteiger partial charge in [-0.1, -0.05) is 0 Å². The summed E-state index contributed by atoms with van der Waals surface area (Å²) in [5.41, 5.74) is 1.19. The zero-order chi connectivity index (χ0) is 26.4. The molecule has 0 aliphatic carbocycles. The summed E-state index contributed by atoms with van der Waals surface area (Å²) in [5, 5.41) is 34.5. The predicted molar refractivity (Wildman–Crippen MR) is 107 cm³/mol. The summed E-state index contributed by atoms with van der Waals surface area (Å²) in [7, 11) is -17.0. The first-order valence-electron chi connectivity index (χ1n) is 8.92. The summed E-state index contributed by atoms with van der Waals surface area (Å²) in [6.45, 7) is 0.0368. The molecule has 3 rings (SSSR count). The van der Waals surface area contributed by atoms with Gasteiger partial charge in [-0.05, 0) is 6.92 Å². The normalized spacial score (nSPS) is 30.3. The minimum Gasteiger partial charge on any atom is -0.388 e. The number of imidazole rings is 1. The number of fused-ring (bicyclic) bond motifs is 1. The van der Waals surface area contributed by atoms with Crippen LogP contribution in [0, 0.1) is 28.1 Å². The number of aliphatic hydroxyl groups excluding tert-OH is 1. The average Bonchev–Trinajstić information content (AvgIpc) is 3.24. The standard InChI is InChI=1S/C13H16N7O12P3/c1-12(4-14)9(21)7(3-29-34(25,26)32-35(27,28)31-33(22,23)24)30-13(12,5-15)8-2-17-11-10(16)18-6-19-20(8)11/h2,6-7,9,21H,3H2,1H3,(H,25,26)(H,27,28)(H2,16,18,19)(H2,22,23,24)/t7-,9-,12?,13+/m1/s1. The molecular formula is C13H16N7O12P3. The number of phosphoric ester groups is 1. The molecule has 190 valence electrons. The molecule has 1 fully saturated rings. The van der Waals surface area contributed by atoms with Gasteiger partial charge in [0, 0.05) is 0 Å². The van der Waals surface area contributed by atoms with Gasteiger partial charge in [-0.15, -0.1) is 0 Å². The Hall–Kier alpha value is -2.34. The molecule has 0 spiro atoms. The number of aliphatic hydroxyl groups is 1. The maximum Gasteiger partial charge on any atom is 0.490 e. The molecule has 0 amide bonds. The van der Waals surface area contributed by atoms with E-state index in [1.165, 1.54) is 0 Å². The Morgan fingerprint density at radius 2 is 1.83 bits per heavy atom. The van der Waals surface area contributed by atoms with E-state index in [0.29, 0.717) is 0 Å². The number of aromatic nitrogens is 4. The van der Waals surface area contributed by atoms with Crippen LogP contribution < -0.4 is 5.73 Å². The Balaban J connectivity index is 1.91. The van der Waals surface area contributed by atoms with E-state index in [0.717, 1.165) is 24.0 Å². The summed E-state index contributed by atoms with van der Waals surface area (Å²) in [4.78, 5) is 43.7. The highest BCUT2D eigenvalue weighted by atomic mass is 31.3. The lowest BCUT2D eigenvalue weighted by Gasteiger charge is -2.31. The van der Waals surface area contributed by atoms with Crippen LogP contribution in [0.5, 0.6) is 0 Å². The van der Waals surface area contributed by atoms with Crippen LogP contribution in [0.1, 0.15) is 12.6 Å². The minimum absolute atomic E-state index is 0.00721. The molecule has 35 heavy (non-hydrogen) atoms. The average molecular weight is 555 g/mol. The van der Waals surface area contributed by atoms with E-state index in [1.807, 2.05) is 0 Å². The van der Waals surface area contributed by atoms with Crippen molar-refractivity contribution in [3.8, 4) is 12.1 Å². The van der Waals surface area contributed by atoms with Gasteiger partial charge in [-0.25, -0.2) is 28.2 Å². The fourth-order valence-electron chi connectivity index (χ4n) is 3.34. The Bertz CT molecular complexity index is 1380. The van der Waals surface area contributed by atoms with Crippen molar-refractivity contribution in [1.82, 2.24) is 19.6 Å². The van der Waals surface area contributed by atoms with E-state index >= 15 is 0 Å². The van der Waals surface area contributed by atoms with Crippen molar-refractivity contribution < 1.29 is 56.3 Å². The number of nitrogens with zero attached hydrogens (tertiary/aromatic N) is 6. The molecule has 0 bridgehead atoms. The van der Waals surface area contributed by atoms with Gasteiger partial charge in [0.25, 0.3) is 0 Å². The first-order chi connectivity index (χ1) is 16.0. The zero-order valence-corrected chi connectivity index (χ0v) is 19.9. The fraction of sp³-hybridized carbons (Fsp3) is 0.462. The van der Waals surface area contributed by atoms with Crippen LogP contribution in [0.2, 0.25) is 0 Å². The Morgan fingerprint density at radius 1 is 1.17 bits per heavy atom. The molecule has 2 aromatic rings. The van der Waals surface area contributed by atoms with Gasteiger partial charge in [0.15, 0.2) is 11.5 Å². The molecule has 6 atom stereocenters.